The summed E-state index contributed by atoms with van der Waals surface area (Å²) in [5, 5.41) is 1.13. The van der Waals surface area contributed by atoms with Gasteiger partial charge in [0.1, 0.15) is 11.9 Å². The molecule has 1 aliphatic carbocycles. The predicted octanol–water partition coefficient (Wildman–Crippen LogP) is 4.30. The van der Waals surface area contributed by atoms with E-state index in [-0.39, 0.29) is 12.5 Å². The number of hydrogen-bond donors (Lipinski definition) is 1. The Balaban J connectivity index is 1.45. The molecule has 2 aromatic heterocycles. The summed E-state index contributed by atoms with van der Waals surface area (Å²) in [5.41, 5.74) is 11.5. The second kappa shape index (κ2) is 8.62. The Morgan fingerprint density at radius 2 is 2.06 bits per heavy atom. The lowest BCUT2D eigenvalue weighted by Crippen LogP contribution is -2.47. The highest BCUT2D eigenvalue weighted by Crippen LogP contribution is 2.39. The van der Waals surface area contributed by atoms with Crippen LogP contribution in [0.2, 0.25) is 0 Å². The third-order valence-electron chi connectivity index (χ3n) is 7.77. The highest BCUT2D eigenvalue weighted by atomic mass is 19.1. The highest BCUT2D eigenvalue weighted by molar-refractivity contribution is 6.01. The minimum Gasteiger partial charge on any atom is -0.495 e. The molecule has 0 radical (unpaired) electrons. The summed E-state index contributed by atoms with van der Waals surface area (Å²) in [6.45, 7) is 3.12. The Bertz CT molecular complexity index is 1480. The van der Waals surface area contributed by atoms with Gasteiger partial charge in [0.05, 0.1) is 35.4 Å². The van der Waals surface area contributed by atoms with Gasteiger partial charge in [0.2, 0.25) is 0 Å². The molecule has 2 aliphatic rings. The number of para-hydroxylation sites is 1. The van der Waals surface area contributed by atoms with Crippen LogP contribution in [0.25, 0.3) is 33.5 Å². The van der Waals surface area contributed by atoms with E-state index in [2.05, 4.69) is 27.3 Å². The molecular weight excluding hydrogens is 457 g/mol. The smallest absolute Gasteiger partial charge is 0.254 e. The van der Waals surface area contributed by atoms with Gasteiger partial charge in [-0.3, -0.25) is 4.79 Å². The van der Waals surface area contributed by atoms with Crippen molar-refractivity contribution >= 4 is 27.8 Å². The molecule has 0 saturated heterocycles. The number of carbonyl (C=O) groups excluding carboxylic acids is 1. The maximum absolute atomic E-state index is 13.6. The lowest BCUT2D eigenvalue weighted by atomic mass is 9.97. The van der Waals surface area contributed by atoms with Gasteiger partial charge in [-0.15, -0.1) is 0 Å². The molecule has 0 unspecified atom stereocenters. The zero-order valence-corrected chi connectivity index (χ0v) is 21.0. The lowest BCUT2D eigenvalue weighted by molar-refractivity contribution is 0.0713. The maximum atomic E-state index is 13.6. The molecule has 188 valence electrons. The fraction of sp³-hybridized carbons (Fsp3) is 0.429. The fourth-order valence-corrected chi connectivity index (χ4v) is 5.41. The molecule has 4 aromatic rings. The largest absolute Gasteiger partial charge is 0.495 e. The van der Waals surface area contributed by atoms with Crippen LogP contribution in [0.15, 0.2) is 36.4 Å². The van der Waals surface area contributed by atoms with Gasteiger partial charge in [-0.1, -0.05) is 12.1 Å². The van der Waals surface area contributed by atoms with E-state index in [1.54, 1.807) is 12.0 Å². The summed E-state index contributed by atoms with van der Waals surface area (Å²) in [5.74, 6) is 2.30. The van der Waals surface area contributed by atoms with Crippen molar-refractivity contribution in [3.63, 3.8) is 0 Å². The van der Waals surface area contributed by atoms with E-state index in [1.807, 2.05) is 25.2 Å². The number of alkyl halides is 1. The van der Waals surface area contributed by atoms with Crippen LogP contribution in [-0.2, 0) is 20.0 Å². The molecule has 0 spiro atoms. The summed E-state index contributed by atoms with van der Waals surface area (Å²) >= 11 is 0. The molecule has 6 rings (SSSR count). The number of nitrogens with two attached hydrogens (primary N) is 1. The predicted molar refractivity (Wildman–Crippen MR) is 139 cm³/mol. The van der Waals surface area contributed by atoms with Crippen LogP contribution in [0.3, 0.4) is 0 Å². The molecule has 1 aliphatic heterocycles. The molecular formula is C28H32FN5O2. The van der Waals surface area contributed by atoms with Crippen LogP contribution in [-0.4, -0.2) is 57.3 Å². The Labute approximate surface area is 209 Å². The highest BCUT2D eigenvalue weighted by Gasteiger charge is 2.30. The van der Waals surface area contributed by atoms with Crippen molar-refractivity contribution in [3.8, 4) is 17.3 Å². The molecule has 36 heavy (non-hydrogen) atoms. The van der Waals surface area contributed by atoms with Crippen molar-refractivity contribution in [2.45, 2.75) is 44.9 Å². The number of fused-ring (bicyclic) bond motifs is 3. The normalized spacial score (nSPS) is 17.6. The SMILES string of the molecule is COc1cccc2cc(-c3nc4cc5c(cc4n3C)CCN(C[C@H](N)[C@H](C)F)C5=O)n(CC3CC3)c12. The van der Waals surface area contributed by atoms with Gasteiger partial charge in [-0.25, -0.2) is 9.37 Å². The third-order valence-corrected chi connectivity index (χ3v) is 7.77. The van der Waals surface area contributed by atoms with Crippen molar-refractivity contribution in [2.24, 2.45) is 18.7 Å². The van der Waals surface area contributed by atoms with E-state index in [0.717, 1.165) is 51.3 Å². The number of halogens is 1. The van der Waals surface area contributed by atoms with E-state index in [4.69, 9.17) is 15.5 Å². The number of rotatable bonds is 7. The molecule has 8 heteroatoms. The molecule has 0 bridgehead atoms. The molecule has 7 nitrogen and oxygen atoms in total. The van der Waals surface area contributed by atoms with E-state index in [1.165, 1.54) is 19.8 Å². The summed E-state index contributed by atoms with van der Waals surface area (Å²) in [6.07, 6.45) is 2.03. The number of imidazole rings is 1. The van der Waals surface area contributed by atoms with Gasteiger partial charge < -0.3 is 24.5 Å². The average Bonchev–Trinajstić information content (AvgIpc) is 3.54. The van der Waals surface area contributed by atoms with Crippen LogP contribution < -0.4 is 10.5 Å². The first-order valence-corrected chi connectivity index (χ1v) is 12.7. The minimum atomic E-state index is -1.17. The number of hydrogen-bond acceptors (Lipinski definition) is 4. The van der Waals surface area contributed by atoms with Crippen LogP contribution in [0, 0.1) is 5.92 Å². The van der Waals surface area contributed by atoms with E-state index < -0.39 is 12.2 Å². The number of ether oxygens (including phenoxy) is 1. The number of carbonyl (C=O) groups is 1. The summed E-state index contributed by atoms with van der Waals surface area (Å²) < 4.78 is 23.8. The maximum Gasteiger partial charge on any atom is 0.254 e. The first kappa shape index (κ1) is 23.0. The molecule has 2 atom stereocenters. The number of aromatic nitrogens is 3. The summed E-state index contributed by atoms with van der Waals surface area (Å²) in [4.78, 5) is 19.9. The van der Waals surface area contributed by atoms with Crippen LogP contribution in [0.4, 0.5) is 4.39 Å². The lowest BCUT2D eigenvalue weighted by Gasteiger charge is -2.31. The minimum absolute atomic E-state index is 0.103. The number of amides is 1. The van der Waals surface area contributed by atoms with Crippen LogP contribution in [0.1, 0.15) is 35.7 Å². The van der Waals surface area contributed by atoms with Crippen LogP contribution in [0.5, 0.6) is 5.75 Å². The van der Waals surface area contributed by atoms with Crippen molar-refractivity contribution in [2.75, 3.05) is 20.2 Å². The summed E-state index contributed by atoms with van der Waals surface area (Å²) in [6, 6.07) is 11.6. The molecule has 1 fully saturated rings. The van der Waals surface area contributed by atoms with Crippen molar-refractivity contribution in [3.05, 3.63) is 47.5 Å². The van der Waals surface area contributed by atoms with Gasteiger partial charge in [-0.2, -0.15) is 0 Å². The quantitative estimate of drug-likeness (QED) is 0.420. The Kier molecular flexibility index (Phi) is 5.52. The second-order valence-corrected chi connectivity index (χ2v) is 10.3. The average molecular weight is 490 g/mol. The van der Waals surface area contributed by atoms with Crippen molar-refractivity contribution < 1.29 is 13.9 Å². The number of nitrogens with zero attached hydrogens (tertiary/aromatic N) is 4. The Hall–Kier alpha value is -3.39. The molecule has 3 heterocycles. The number of methoxy groups -OCH3 is 1. The standard InChI is InChI=1S/C28H32FN5O2/c1-16(29)21(30)15-33-10-9-18-11-23-22(13-20(18)28(33)35)31-27(32(23)2)24-12-19-5-4-6-25(36-3)26(19)34(24)14-17-7-8-17/h4-6,11-13,16-17,21H,7-10,14-15,30H2,1-3H3/t16-,21-/m0/s1. The zero-order valence-electron chi connectivity index (χ0n) is 21.0. The van der Waals surface area contributed by atoms with Gasteiger partial charge in [0.25, 0.3) is 5.91 Å². The van der Waals surface area contributed by atoms with Crippen molar-refractivity contribution in [1.29, 1.82) is 0 Å². The molecule has 1 saturated carbocycles. The number of aryl methyl sites for hydroxylation is 1. The van der Waals surface area contributed by atoms with E-state index in [0.29, 0.717) is 24.4 Å². The Morgan fingerprint density at radius 1 is 1.25 bits per heavy atom. The van der Waals surface area contributed by atoms with Crippen molar-refractivity contribution in [1.82, 2.24) is 19.0 Å². The fourth-order valence-electron chi connectivity index (χ4n) is 5.41. The third kappa shape index (κ3) is 3.75. The Morgan fingerprint density at radius 3 is 2.78 bits per heavy atom. The monoisotopic (exact) mass is 489 g/mol. The summed E-state index contributed by atoms with van der Waals surface area (Å²) in [7, 11) is 3.75. The first-order chi connectivity index (χ1) is 17.4. The zero-order chi connectivity index (χ0) is 25.1. The first-order valence-electron chi connectivity index (χ1n) is 12.7. The molecule has 2 N–H and O–H groups in total. The van der Waals surface area contributed by atoms with Gasteiger partial charge in [-0.05, 0) is 61.9 Å². The molecule has 2 aromatic carbocycles. The van der Waals surface area contributed by atoms with Crippen LogP contribution >= 0.6 is 0 Å². The van der Waals surface area contributed by atoms with Gasteiger partial charge in [0, 0.05) is 37.6 Å². The molecule has 1 amide bonds. The van der Waals surface area contributed by atoms with E-state index >= 15 is 0 Å². The van der Waals surface area contributed by atoms with Gasteiger partial charge >= 0.3 is 0 Å². The van der Waals surface area contributed by atoms with E-state index in [9.17, 15) is 9.18 Å². The topological polar surface area (TPSA) is 78.3 Å². The second-order valence-electron chi connectivity index (χ2n) is 10.3. The van der Waals surface area contributed by atoms with Gasteiger partial charge in [0.15, 0.2) is 5.82 Å². The number of benzene rings is 2.